The monoisotopic (exact) mass is 780 g/mol. The number of aliphatic hydroxyl groups is 2. The Hall–Kier alpha value is -5.20. The molecule has 0 fully saturated rings. The quantitative estimate of drug-likeness (QED) is 0.0264. The summed E-state index contributed by atoms with van der Waals surface area (Å²) >= 11 is 0. The number of nitrogens with two attached hydrogens (primary N) is 3. The molecular formula is C32H53BN10O12. The van der Waals surface area contributed by atoms with Crippen molar-refractivity contribution < 1.29 is 58.6 Å². The minimum absolute atomic E-state index is 0.234. The highest BCUT2D eigenvalue weighted by molar-refractivity contribution is 6.41. The lowest BCUT2D eigenvalue weighted by Crippen LogP contribution is -2.62. The number of hydrogen-bond acceptors (Lipinski definition) is 14. The third-order valence-electron chi connectivity index (χ3n) is 7.95. The van der Waals surface area contributed by atoms with Crippen LogP contribution >= 0.6 is 0 Å². The Labute approximate surface area is 317 Å². The average molecular weight is 781 g/mol. The number of unbranched alkanes of at least 4 members (excludes halogenated alkanes) is 3. The smallest absolute Gasteiger partial charge is 0.426 e. The molecular weight excluding hydrogens is 727 g/mol. The van der Waals surface area contributed by atoms with Crippen LogP contribution in [0.5, 0.6) is 0 Å². The molecule has 0 aromatic heterocycles. The topological polar surface area (TPSA) is 371 Å². The van der Waals surface area contributed by atoms with Crippen molar-refractivity contribution in [2.45, 2.75) is 88.9 Å². The molecule has 0 spiro atoms. The largest absolute Gasteiger partial charge is 0.472 e. The summed E-state index contributed by atoms with van der Waals surface area (Å²) in [4.78, 5) is 101. The first-order chi connectivity index (χ1) is 25.8. The lowest BCUT2D eigenvalue weighted by atomic mass is 9.92. The van der Waals surface area contributed by atoms with E-state index in [4.69, 9.17) is 27.2 Å². The van der Waals surface area contributed by atoms with Crippen molar-refractivity contribution in [3.63, 3.8) is 0 Å². The second kappa shape index (κ2) is 24.3. The van der Waals surface area contributed by atoms with Crippen LogP contribution in [0.15, 0.2) is 24.3 Å². The first-order valence-electron chi connectivity index (χ1n) is 17.4. The number of hydrogen-bond donors (Lipinski definition) is 13. The molecule has 6 atom stereocenters. The molecule has 1 aromatic carbocycles. The van der Waals surface area contributed by atoms with E-state index in [1.165, 1.54) is 0 Å². The van der Waals surface area contributed by atoms with Crippen LogP contribution in [0.4, 0.5) is 0 Å². The zero-order chi connectivity index (χ0) is 41.8. The number of likely N-dealkylation sites (N-methyl/N-ethyl adjacent to an activating group) is 1. The van der Waals surface area contributed by atoms with Gasteiger partial charge in [-0.1, -0.05) is 38.3 Å². The highest BCUT2D eigenvalue weighted by atomic mass is 16.4. The number of amides is 8. The van der Waals surface area contributed by atoms with E-state index >= 15 is 0 Å². The number of benzene rings is 1. The van der Waals surface area contributed by atoms with Crippen molar-refractivity contribution in [2.24, 2.45) is 17.2 Å². The van der Waals surface area contributed by atoms with Crippen molar-refractivity contribution in [3.8, 4) is 0 Å². The number of nitrogens with one attached hydrogen (secondary N) is 6. The fourth-order valence-electron chi connectivity index (χ4n) is 4.90. The molecule has 0 aliphatic rings. The minimum Gasteiger partial charge on any atom is -0.426 e. The van der Waals surface area contributed by atoms with Gasteiger partial charge in [-0.3, -0.25) is 38.4 Å². The van der Waals surface area contributed by atoms with Crippen LogP contribution in [0.1, 0.15) is 61.9 Å². The molecule has 0 saturated heterocycles. The number of rotatable bonds is 24. The Bertz CT molecular complexity index is 1480. The van der Waals surface area contributed by atoms with Gasteiger partial charge in [0, 0.05) is 12.6 Å². The van der Waals surface area contributed by atoms with Gasteiger partial charge in [-0.05, 0) is 37.5 Å². The summed E-state index contributed by atoms with van der Waals surface area (Å²) < 4.78 is 0. The minimum atomic E-state index is -1.94. The van der Waals surface area contributed by atoms with Gasteiger partial charge in [0.2, 0.25) is 29.5 Å². The third-order valence-corrected chi connectivity index (χ3v) is 7.95. The van der Waals surface area contributed by atoms with Crippen molar-refractivity contribution in [2.75, 3.05) is 26.6 Å². The molecule has 23 heteroatoms. The van der Waals surface area contributed by atoms with Gasteiger partial charge in [0.15, 0.2) is 12.3 Å². The van der Waals surface area contributed by atoms with Crippen LogP contribution in [0, 0.1) is 0 Å². The molecule has 16 N–H and O–H groups in total. The average Bonchev–Trinajstić information content (AvgIpc) is 3.12. The van der Waals surface area contributed by atoms with E-state index in [1.807, 2.05) is 10.6 Å². The van der Waals surface area contributed by atoms with Gasteiger partial charge in [0.25, 0.3) is 17.7 Å². The van der Waals surface area contributed by atoms with Crippen molar-refractivity contribution >= 4 is 54.4 Å². The fourth-order valence-corrected chi connectivity index (χ4v) is 4.90. The zero-order valence-corrected chi connectivity index (χ0v) is 30.9. The van der Waals surface area contributed by atoms with Gasteiger partial charge in [-0.15, -0.1) is 0 Å². The van der Waals surface area contributed by atoms with Gasteiger partial charge >= 0.3 is 7.12 Å². The molecule has 0 bridgehead atoms. The van der Waals surface area contributed by atoms with Gasteiger partial charge in [-0.2, -0.15) is 0 Å². The summed E-state index contributed by atoms with van der Waals surface area (Å²) in [5.74, 6) is -8.11. The van der Waals surface area contributed by atoms with Gasteiger partial charge in [0.05, 0.1) is 32.1 Å². The van der Waals surface area contributed by atoms with Crippen LogP contribution in [0.25, 0.3) is 0 Å². The van der Waals surface area contributed by atoms with E-state index < -0.39 is 117 Å². The molecule has 0 radical (unpaired) electrons. The second-order valence-electron chi connectivity index (χ2n) is 12.6. The number of primary amides is 1. The Morgan fingerprint density at radius 3 is 1.93 bits per heavy atom. The molecule has 0 aliphatic heterocycles. The first-order valence-corrected chi connectivity index (χ1v) is 17.4. The second-order valence-corrected chi connectivity index (χ2v) is 12.6. The summed E-state index contributed by atoms with van der Waals surface area (Å²) in [5, 5.41) is 50.6. The molecule has 8 amide bonds. The maximum atomic E-state index is 13.0. The number of nitrogens with zero attached hydrogens (tertiary/aromatic N) is 1. The molecule has 2 unspecified atom stereocenters. The van der Waals surface area contributed by atoms with Crippen LogP contribution < -0.4 is 49.1 Å². The highest BCUT2D eigenvalue weighted by Gasteiger charge is 2.34. The summed E-state index contributed by atoms with van der Waals surface area (Å²) in [6.07, 6.45) is -1.40. The predicted octanol–water partition coefficient (Wildman–Crippen LogP) is -6.49. The Morgan fingerprint density at radius 1 is 0.782 bits per heavy atom. The maximum absolute atomic E-state index is 13.0. The number of aliphatic hydroxyl groups excluding tert-OH is 2. The van der Waals surface area contributed by atoms with Crippen molar-refractivity contribution in [1.82, 2.24) is 36.8 Å². The van der Waals surface area contributed by atoms with E-state index in [1.54, 1.807) is 24.3 Å². The standard InChI is InChI=1S/C32H53BN10O12/c1-4-5-6-7-8-18-9-11-19(12-10-18)27(48)40-21(15-44)29(50)41-25(35)31(52)37-14-23(47)43(3)24(17(2)45)30(51)42-26(36)32(53)39-20(13-22(34)46)28(49)38-16-33(54)55/h9-12,17,20-21,24-26,44-45,54-55H,4-8,13-16,35-36H2,1-3H3,(H2,34,46)(H,37,52)(H,38,49)(H,39,53)(H,40,48)(H,41,50)(H,42,51)/t17?,20?,21-,24+,25+,26-/m1/s1. The summed E-state index contributed by atoms with van der Waals surface area (Å²) in [6, 6.07) is 1.96. The first kappa shape index (κ1) is 47.8. The van der Waals surface area contributed by atoms with Crippen LogP contribution in [0.2, 0.25) is 0 Å². The van der Waals surface area contributed by atoms with E-state index in [-0.39, 0.29) is 5.56 Å². The highest BCUT2D eigenvalue weighted by Crippen LogP contribution is 2.10. The van der Waals surface area contributed by atoms with Crippen LogP contribution in [0.3, 0.4) is 0 Å². The lowest BCUT2D eigenvalue weighted by molar-refractivity contribution is -0.144. The van der Waals surface area contributed by atoms with E-state index in [0.717, 1.165) is 56.5 Å². The maximum Gasteiger partial charge on any atom is 0.472 e. The van der Waals surface area contributed by atoms with Gasteiger partial charge in [-0.25, -0.2) is 0 Å². The van der Waals surface area contributed by atoms with Crippen LogP contribution in [-0.4, -0.2) is 143 Å². The lowest BCUT2D eigenvalue weighted by Gasteiger charge is -2.30. The Balaban J connectivity index is 2.75. The molecule has 306 valence electrons. The Morgan fingerprint density at radius 2 is 1.38 bits per heavy atom. The third kappa shape index (κ3) is 17.2. The molecule has 1 rings (SSSR count). The van der Waals surface area contributed by atoms with Crippen LogP contribution in [-0.2, 0) is 40.0 Å². The van der Waals surface area contributed by atoms with E-state index in [9.17, 15) is 48.6 Å². The molecule has 0 aliphatic carbocycles. The van der Waals surface area contributed by atoms with E-state index in [2.05, 4.69) is 28.2 Å². The Kier molecular flexibility index (Phi) is 21.1. The van der Waals surface area contributed by atoms with Gasteiger partial charge in [0.1, 0.15) is 18.1 Å². The summed E-state index contributed by atoms with van der Waals surface area (Å²) in [5.41, 5.74) is 17.8. The normalized spacial score (nSPS) is 14.1. The molecule has 55 heavy (non-hydrogen) atoms. The van der Waals surface area contributed by atoms with Crippen molar-refractivity contribution in [3.05, 3.63) is 35.4 Å². The van der Waals surface area contributed by atoms with Gasteiger partial charge < -0.3 is 74.3 Å². The zero-order valence-electron chi connectivity index (χ0n) is 30.9. The molecule has 22 nitrogen and oxygen atoms in total. The number of carbonyl (C=O) groups is 8. The van der Waals surface area contributed by atoms with E-state index in [0.29, 0.717) is 0 Å². The molecule has 1 aromatic rings. The number of aryl methyl sites for hydroxylation is 1. The fraction of sp³-hybridized carbons (Fsp3) is 0.562. The summed E-state index contributed by atoms with van der Waals surface area (Å²) in [6.45, 7) is 1.61. The number of carbonyl (C=O) groups excluding carboxylic acids is 8. The molecule has 0 heterocycles. The summed E-state index contributed by atoms with van der Waals surface area (Å²) in [7, 11) is -0.861. The SMILES string of the molecule is CCCCCCc1ccc(C(=O)N[C@H](CO)C(=O)N[C@H](N)C(=O)NCC(=O)N(C)[C@H](C(=O)N[C@@H](N)C(=O)NC(CC(N)=O)C(=O)NCB(O)O)C(C)O)cc1. The molecule has 0 saturated carbocycles. The van der Waals surface area contributed by atoms with Crippen molar-refractivity contribution in [1.29, 1.82) is 0 Å². The predicted molar refractivity (Wildman–Crippen MR) is 195 cm³/mol.